The number of hydrogen-bond donors (Lipinski definition) is 0. The largest absolute Gasteiger partial charge is 0.443 e. The Balaban J connectivity index is 1.83. The Kier molecular flexibility index (Phi) is 4.59. The lowest BCUT2D eigenvalue weighted by atomic mass is 10.3. The normalized spacial score (nSPS) is 17.3. The third kappa shape index (κ3) is 3.20. The van der Waals surface area contributed by atoms with Crippen LogP contribution < -0.4 is 5.01 Å². The van der Waals surface area contributed by atoms with Gasteiger partial charge in [-0.2, -0.15) is 0 Å². The molecule has 8 nitrogen and oxygen atoms in total. The monoisotopic (exact) mass is 332 g/mol. The van der Waals surface area contributed by atoms with Gasteiger partial charge in [-0.15, -0.1) is 11.8 Å². The Morgan fingerprint density at radius 2 is 2.43 bits per heavy atom. The van der Waals surface area contributed by atoms with Crippen LogP contribution in [0.4, 0.5) is 4.79 Å². The van der Waals surface area contributed by atoms with Crippen LogP contribution in [0.3, 0.4) is 0 Å². The first-order chi connectivity index (χ1) is 11.2. The van der Waals surface area contributed by atoms with Crippen LogP contribution in [-0.2, 0) is 4.74 Å². The first kappa shape index (κ1) is 15.5. The fourth-order valence-electron chi connectivity index (χ4n) is 2.39. The topological polar surface area (TPSA) is 96.1 Å². The molecule has 1 atom stereocenters. The number of hydrogen-bond acceptors (Lipinski definition) is 5. The van der Waals surface area contributed by atoms with Crippen molar-refractivity contribution < 1.29 is 9.53 Å². The minimum absolute atomic E-state index is 0.128. The van der Waals surface area contributed by atoms with Crippen molar-refractivity contribution in [3.05, 3.63) is 35.0 Å². The zero-order valence-corrected chi connectivity index (χ0v) is 13.4. The van der Waals surface area contributed by atoms with Crippen molar-refractivity contribution in [1.82, 2.24) is 9.66 Å². The summed E-state index contributed by atoms with van der Waals surface area (Å²) in [6, 6.07) is 6.00. The van der Waals surface area contributed by atoms with Crippen molar-refractivity contribution in [3.63, 3.8) is 0 Å². The predicted molar refractivity (Wildman–Crippen MR) is 88.1 cm³/mol. The molecule has 1 aromatic heterocycles. The fourth-order valence-corrected chi connectivity index (χ4v) is 3.19. The molecule has 0 radical (unpaired) electrons. The highest BCUT2D eigenvalue weighted by Crippen LogP contribution is 2.24. The number of carbonyl (C=O) groups is 1. The zero-order valence-electron chi connectivity index (χ0n) is 12.6. The Morgan fingerprint density at radius 3 is 3.22 bits per heavy atom. The number of amides is 1. The SMILES string of the molecule is CCCSc1ccc2c(c1)ncn2N1C[C@H](CN=[N+]=[N-])OC1=O. The highest BCUT2D eigenvalue weighted by Gasteiger charge is 2.32. The van der Waals surface area contributed by atoms with Gasteiger partial charge in [0.25, 0.3) is 0 Å². The smallest absolute Gasteiger partial charge is 0.429 e. The van der Waals surface area contributed by atoms with Crippen LogP contribution in [0.1, 0.15) is 13.3 Å². The van der Waals surface area contributed by atoms with Gasteiger partial charge in [0.05, 0.1) is 24.1 Å². The molecule has 3 rings (SSSR count). The minimum Gasteiger partial charge on any atom is -0.443 e. The summed E-state index contributed by atoms with van der Waals surface area (Å²) in [5, 5.41) is 4.92. The van der Waals surface area contributed by atoms with Gasteiger partial charge in [-0.25, -0.2) is 19.5 Å². The van der Waals surface area contributed by atoms with Crippen molar-refractivity contribution in [2.75, 3.05) is 23.9 Å². The number of benzene rings is 1. The molecule has 2 heterocycles. The second kappa shape index (κ2) is 6.80. The van der Waals surface area contributed by atoms with E-state index in [-0.39, 0.29) is 6.54 Å². The standard InChI is InChI=1S/C14H16N6O2S/c1-2-5-23-11-3-4-13-12(6-11)16-9-20(13)19-8-10(7-17-18-15)22-14(19)21/h3-4,6,9-10H,2,5,7-8H2,1H3/t10-/m0/s1. The predicted octanol–water partition coefficient (Wildman–Crippen LogP) is 3.31. The van der Waals surface area contributed by atoms with E-state index in [0.29, 0.717) is 6.54 Å². The summed E-state index contributed by atoms with van der Waals surface area (Å²) in [6.07, 6.45) is 1.82. The van der Waals surface area contributed by atoms with Gasteiger partial charge in [0.1, 0.15) is 12.4 Å². The number of aromatic nitrogens is 2. The molecular formula is C14H16N6O2S. The van der Waals surface area contributed by atoms with Gasteiger partial charge in [0.2, 0.25) is 0 Å². The van der Waals surface area contributed by atoms with E-state index in [1.54, 1.807) is 22.8 Å². The van der Waals surface area contributed by atoms with Crippen molar-refractivity contribution in [2.24, 2.45) is 5.11 Å². The highest BCUT2D eigenvalue weighted by atomic mass is 32.2. The van der Waals surface area contributed by atoms with E-state index in [4.69, 9.17) is 10.3 Å². The Hall–Kier alpha value is -2.38. The van der Waals surface area contributed by atoms with E-state index in [9.17, 15) is 4.79 Å². The fraction of sp³-hybridized carbons (Fsp3) is 0.429. The van der Waals surface area contributed by atoms with E-state index in [1.165, 1.54) is 5.01 Å². The van der Waals surface area contributed by atoms with Gasteiger partial charge < -0.3 is 4.74 Å². The summed E-state index contributed by atoms with van der Waals surface area (Å²) in [5.74, 6) is 1.06. The molecule has 1 fully saturated rings. The van der Waals surface area contributed by atoms with Crippen LogP contribution in [0.15, 0.2) is 34.5 Å². The van der Waals surface area contributed by atoms with Crippen molar-refractivity contribution in [3.8, 4) is 0 Å². The van der Waals surface area contributed by atoms with E-state index < -0.39 is 12.2 Å². The second-order valence-corrected chi connectivity index (χ2v) is 6.26. The average molecular weight is 332 g/mol. The Labute approximate surface area is 137 Å². The van der Waals surface area contributed by atoms with E-state index >= 15 is 0 Å². The Bertz CT molecular complexity index is 770. The molecule has 0 N–H and O–H groups in total. The third-order valence-corrected chi connectivity index (χ3v) is 4.64. The number of imidazole rings is 1. The molecule has 1 aliphatic rings. The number of rotatable bonds is 6. The maximum Gasteiger partial charge on any atom is 0.429 e. The molecule has 23 heavy (non-hydrogen) atoms. The molecular weight excluding hydrogens is 316 g/mol. The number of nitrogens with zero attached hydrogens (tertiary/aromatic N) is 6. The van der Waals surface area contributed by atoms with Crippen molar-refractivity contribution in [1.29, 1.82) is 0 Å². The molecule has 1 amide bonds. The summed E-state index contributed by atoms with van der Waals surface area (Å²) >= 11 is 1.79. The summed E-state index contributed by atoms with van der Waals surface area (Å²) in [5.41, 5.74) is 10.0. The van der Waals surface area contributed by atoms with Crippen LogP contribution in [-0.4, -0.2) is 40.7 Å². The summed E-state index contributed by atoms with van der Waals surface area (Å²) < 4.78 is 6.88. The molecule has 0 unspecified atom stereocenters. The van der Waals surface area contributed by atoms with Crippen LogP contribution in [0, 0.1) is 0 Å². The molecule has 1 aromatic carbocycles. The van der Waals surface area contributed by atoms with Crippen molar-refractivity contribution in [2.45, 2.75) is 24.3 Å². The molecule has 0 spiro atoms. The first-order valence-electron chi connectivity index (χ1n) is 7.32. The van der Waals surface area contributed by atoms with Crippen LogP contribution in [0.2, 0.25) is 0 Å². The lowest BCUT2D eigenvalue weighted by Gasteiger charge is -2.14. The van der Waals surface area contributed by atoms with Crippen molar-refractivity contribution >= 4 is 28.9 Å². The number of thioether (sulfide) groups is 1. The summed E-state index contributed by atoms with van der Waals surface area (Å²) in [6.45, 7) is 2.60. The van der Waals surface area contributed by atoms with Crippen LogP contribution >= 0.6 is 11.8 Å². The number of ether oxygens (including phenoxy) is 1. The highest BCUT2D eigenvalue weighted by molar-refractivity contribution is 7.99. The van der Waals surface area contributed by atoms with Gasteiger partial charge in [0.15, 0.2) is 0 Å². The van der Waals surface area contributed by atoms with Gasteiger partial charge in [-0.05, 0) is 35.9 Å². The lowest BCUT2D eigenvalue weighted by Crippen LogP contribution is -2.35. The molecule has 1 aliphatic heterocycles. The molecule has 0 bridgehead atoms. The maximum atomic E-state index is 12.0. The van der Waals surface area contributed by atoms with E-state index in [2.05, 4.69) is 21.9 Å². The lowest BCUT2D eigenvalue weighted by molar-refractivity contribution is 0.144. The number of carbonyl (C=O) groups excluding carboxylic acids is 1. The second-order valence-electron chi connectivity index (χ2n) is 5.09. The average Bonchev–Trinajstić information content (AvgIpc) is 3.13. The van der Waals surface area contributed by atoms with Crippen LogP contribution in [0.5, 0.6) is 0 Å². The molecule has 1 saturated heterocycles. The van der Waals surface area contributed by atoms with Gasteiger partial charge >= 0.3 is 6.09 Å². The third-order valence-electron chi connectivity index (χ3n) is 3.44. The zero-order chi connectivity index (χ0) is 16.2. The van der Waals surface area contributed by atoms with Gasteiger partial charge in [0, 0.05) is 9.81 Å². The number of azide groups is 1. The molecule has 0 aliphatic carbocycles. The summed E-state index contributed by atoms with van der Waals surface area (Å²) in [4.78, 5) is 20.2. The molecule has 2 aromatic rings. The summed E-state index contributed by atoms with van der Waals surface area (Å²) in [7, 11) is 0. The molecule has 9 heteroatoms. The van der Waals surface area contributed by atoms with E-state index in [0.717, 1.165) is 28.1 Å². The molecule has 0 saturated carbocycles. The maximum absolute atomic E-state index is 12.0. The minimum atomic E-state index is -0.466. The molecule has 120 valence electrons. The van der Waals surface area contributed by atoms with E-state index in [1.807, 2.05) is 18.2 Å². The Morgan fingerprint density at radius 1 is 1.57 bits per heavy atom. The van der Waals surface area contributed by atoms with Crippen LogP contribution in [0.25, 0.3) is 21.5 Å². The van der Waals surface area contributed by atoms with Gasteiger partial charge in [-0.1, -0.05) is 12.0 Å². The first-order valence-corrected chi connectivity index (χ1v) is 8.30. The van der Waals surface area contributed by atoms with Gasteiger partial charge in [-0.3, -0.25) is 0 Å². The number of cyclic esters (lactones) is 1. The number of fused-ring (bicyclic) bond motifs is 1. The quantitative estimate of drug-likeness (QED) is 0.351.